The highest BCUT2D eigenvalue weighted by molar-refractivity contribution is 5.85. The van der Waals surface area contributed by atoms with Gasteiger partial charge in [-0.2, -0.15) is 0 Å². The van der Waals surface area contributed by atoms with Crippen LogP contribution in [0, 0.1) is 5.92 Å². The van der Waals surface area contributed by atoms with Crippen LogP contribution in [0.1, 0.15) is 47.0 Å². The van der Waals surface area contributed by atoms with E-state index < -0.39 is 5.97 Å². The summed E-state index contributed by atoms with van der Waals surface area (Å²) in [7, 11) is 0. The quantitative estimate of drug-likeness (QED) is 0.674. The third kappa shape index (κ3) is 10.2. The van der Waals surface area contributed by atoms with Gasteiger partial charge in [-0.3, -0.25) is 4.79 Å². The topological polar surface area (TPSA) is 40.5 Å². The number of halogens is 1. The summed E-state index contributed by atoms with van der Waals surface area (Å²) < 4.78 is 0. The van der Waals surface area contributed by atoms with Crippen molar-refractivity contribution < 1.29 is 9.90 Å². The summed E-state index contributed by atoms with van der Waals surface area (Å²) in [5.41, 5.74) is 0. The molecule has 1 N–H and O–H groups in total. The number of rotatable bonds is 8. The van der Waals surface area contributed by atoms with Crippen molar-refractivity contribution in [3.05, 3.63) is 0 Å². The molecular formula is C12H26ClNO2. The summed E-state index contributed by atoms with van der Waals surface area (Å²) in [4.78, 5) is 12.8. The molecule has 0 radical (unpaired) electrons. The maximum Gasteiger partial charge on any atom is 0.303 e. The second-order valence-corrected chi connectivity index (χ2v) is 4.83. The van der Waals surface area contributed by atoms with E-state index in [-0.39, 0.29) is 12.4 Å². The zero-order chi connectivity index (χ0) is 11.8. The fraction of sp³-hybridized carbons (Fsp3) is 0.917. The summed E-state index contributed by atoms with van der Waals surface area (Å²) in [5.74, 6) is -0.0122. The lowest BCUT2D eigenvalue weighted by Gasteiger charge is -2.28. The molecule has 0 unspecified atom stereocenters. The maximum atomic E-state index is 10.3. The molecule has 0 atom stereocenters. The molecule has 0 rings (SSSR count). The second kappa shape index (κ2) is 9.91. The monoisotopic (exact) mass is 251 g/mol. The molecule has 4 heteroatoms. The highest BCUT2D eigenvalue weighted by atomic mass is 35.5. The lowest BCUT2D eigenvalue weighted by molar-refractivity contribution is -0.137. The van der Waals surface area contributed by atoms with E-state index in [0.29, 0.717) is 18.4 Å². The van der Waals surface area contributed by atoms with Crippen LogP contribution in [-0.4, -0.2) is 35.1 Å². The van der Waals surface area contributed by atoms with Crippen LogP contribution in [0.2, 0.25) is 0 Å². The molecule has 0 saturated heterocycles. The van der Waals surface area contributed by atoms with E-state index in [1.54, 1.807) is 0 Å². The maximum absolute atomic E-state index is 10.3. The van der Waals surface area contributed by atoms with Crippen molar-refractivity contribution in [2.45, 2.75) is 53.0 Å². The molecule has 0 fully saturated rings. The first-order valence-corrected chi connectivity index (χ1v) is 5.89. The van der Waals surface area contributed by atoms with Gasteiger partial charge in [0.05, 0.1) is 0 Å². The lowest BCUT2D eigenvalue weighted by atomic mass is 10.1. The van der Waals surface area contributed by atoms with Crippen LogP contribution in [0.15, 0.2) is 0 Å². The summed E-state index contributed by atoms with van der Waals surface area (Å²) in [6, 6.07) is 0.553. The zero-order valence-electron chi connectivity index (χ0n) is 10.9. The highest BCUT2D eigenvalue weighted by Gasteiger charge is 2.10. The van der Waals surface area contributed by atoms with Crippen LogP contribution < -0.4 is 0 Å². The van der Waals surface area contributed by atoms with E-state index in [1.165, 1.54) is 0 Å². The van der Waals surface area contributed by atoms with Crippen molar-refractivity contribution >= 4 is 18.4 Å². The van der Waals surface area contributed by atoms with E-state index in [4.69, 9.17) is 5.11 Å². The first-order valence-electron chi connectivity index (χ1n) is 5.89. The Labute approximate surface area is 106 Å². The molecule has 16 heavy (non-hydrogen) atoms. The van der Waals surface area contributed by atoms with Crippen molar-refractivity contribution in [1.29, 1.82) is 0 Å². The fourth-order valence-corrected chi connectivity index (χ4v) is 1.62. The molecule has 0 spiro atoms. The van der Waals surface area contributed by atoms with Gasteiger partial charge < -0.3 is 10.0 Å². The Bertz CT molecular complexity index is 184. The van der Waals surface area contributed by atoms with E-state index in [2.05, 4.69) is 32.6 Å². The van der Waals surface area contributed by atoms with Crippen molar-refractivity contribution in [2.24, 2.45) is 5.92 Å². The predicted molar refractivity (Wildman–Crippen MR) is 70.3 cm³/mol. The SMILES string of the molecule is CC(C)CN(CCCCC(=O)O)C(C)C.Cl. The molecular weight excluding hydrogens is 226 g/mol. The normalized spacial score (nSPS) is 10.9. The number of hydrogen-bond acceptors (Lipinski definition) is 2. The smallest absolute Gasteiger partial charge is 0.303 e. The minimum Gasteiger partial charge on any atom is -0.481 e. The number of nitrogens with zero attached hydrogens (tertiary/aromatic N) is 1. The summed E-state index contributed by atoms with van der Waals surface area (Å²) in [6.45, 7) is 10.9. The van der Waals surface area contributed by atoms with Crippen LogP contribution >= 0.6 is 12.4 Å². The standard InChI is InChI=1S/C12H25NO2.ClH/c1-10(2)9-13(11(3)4)8-6-5-7-12(14)15;/h10-11H,5-9H2,1-4H3,(H,14,15);1H. The molecule has 0 aliphatic rings. The average Bonchev–Trinajstić information content (AvgIpc) is 2.08. The van der Waals surface area contributed by atoms with Crippen LogP contribution in [0.25, 0.3) is 0 Å². The van der Waals surface area contributed by atoms with Crippen molar-refractivity contribution in [3.8, 4) is 0 Å². The molecule has 0 aliphatic carbocycles. The van der Waals surface area contributed by atoms with Crippen molar-refractivity contribution in [3.63, 3.8) is 0 Å². The Morgan fingerprint density at radius 3 is 2.12 bits per heavy atom. The Balaban J connectivity index is 0. The van der Waals surface area contributed by atoms with E-state index in [1.807, 2.05) is 0 Å². The van der Waals surface area contributed by atoms with Crippen LogP contribution in [-0.2, 0) is 4.79 Å². The first kappa shape index (κ1) is 18.1. The van der Waals surface area contributed by atoms with Gasteiger partial charge in [-0.05, 0) is 39.2 Å². The van der Waals surface area contributed by atoms with Gasteiger partial charge in [0.15, 0.2) is 0 Å². The number of carboxylic acids is 1. The van der Waals surface area contributed by atoms with E-state index in [0.717, 1.165) is 25.9 Å². The molecule has 98 valence electrons. The van der Waals surface area contributed by atoms with Gasteiger partial charge in [0.2, 0.25) is 0 Å². The number of carbonyl (C=O) groups is 1. The number of unbranched alkanes of at least 4 members (excludes halogenated alkanes) is 1. The molecule has 0 aromatic heterocycles. The zero-order valence-corrected chi connectivity index (χ0v) is 11.7. The summed E-state index contributed by atoms with van der Waals surface area (Å²) in [5, 5.41) is 8.52. The van der Waals surface area contributed by atoms with Gasteiger partial charge in [0.1, 0.15) is 0 Å². The third-order valence-electron chi connectivity index (χ3n) is 2.42. The van der Waals surface area contributed by atoms with Crippen LogP contribution in [0.3, 0.4) is 0 Å². The molecule has 3 nitrogen and oxygen atoms in total. The minimum absolute atomic E-state index is 0. The Kier molecular flexibility index (Phi) is 11.2. The lowest BCUT2D eigenvalue weighted by Crippen LogP contribution is -2.35. The van der Waals surface area contributed by atoms with Gasteiger partial charge in [0, 0.05) is 19.0 Å². The van der Waals surface area contributed by atoms with Crippen LogP contribution in [0.5, 0.6) is 0 Å². The highest BCUT2D eigenvalue weighted by Crippen LogP contribution is 2.07. The second-order valence-electron chi connectivity index (χ2n) is 4.83. The number of hydrogen-bond donors (Lipinski definition) is 1. The van der Waals surface area contributed by atoms with E-state index in [9.17, 15) is 4.79 Å². The van der Waals surface area contributed by atoms with Gasteiger partial charge >= 0.3 is 5.97 Å². The summed E-state index contributed by atoms with van der Waals surface area (Å²) in [6.07, 6.45) is 2.07. The third-order valence-corrected chi connectivity index (χ3v) is 2.42. The molecule has 0 aliphatic heterocycles. The van der Waals surface area contributed by atoms with Gasteiger partial charge in [-0.25, -0.2) is 0 Å². The largest absolute Gasteiger partial charge is 0.481 e. The van der Waals surface area contributed by atoms with Gasteiger partial charge in [0.25, 0.3) is 0 Å². The molecule has 0 bridgehead atoms. The Morgan fingerprint density at radius 1 is 1.19 bits per heavy atom. The van der Waals surface area contributed by atoms with Crippen LogP contribution in [0.4, 0.5) is 0 Å². The van der Waals surface area contributed by atoms with E-state index >= 15 is 0 Å². The number of aliphatic carboxylic acids is 1. The first-order chi connectivity index (χ1) is 6.93. The fourth-order valence-electron chi connectivity index (χ4n) is 1.62. The average molecular weight is 252 g/mol. The molecule has 0 saturated carbocycles. The van der Waals surface area contributed by atoms with Gasteiger partial charge in [-0.15, -0.1) is 12.4 Å². The molecule has 0 aromatic carbocycles. The predicted octanol–water partition coefficient (Wildman–Crippen LogP) is 3.03. The van der Waals surface area contributed by atoms with Crippen molar-refractivity contribution in [2.75, 3.05) is 13.1 Å². The minimum atomic E-state index is -0.685. The van der Waals surface area contributed by atoms with Crippen molar-refractivity contribution in [1.82, 2.24) is 4.90 Å². The number of carboxylic acid groups (broad SMARTS) is 1. The van der Waals surface area contributed by atoms with Gasteiger partial charge in [-0.1, -0.05) is 13.8 Å². The molecule has 0 aromatic rings. The molecule has 0 heterocycles. The molecule has 0 amide bonds. The Morgan fingerprint density at radius 2 is 1.75 bits per heavy atom. The summed E-state index contributed by atoms with van der Waals surface area (Å²) >= 11 is 0. The Hall–Kier alpha value is -0.280.